The zero-order chi connectivity index (χ0) is 11.0. The fourth-order valence-corrected chi connectivity index (χ4v) is 1.09. The lowest BCUT2D eigenvalue weighted by Crippen LogP contribution is -2.23. The molecule has 3 heteroatoms. The summed E-state index contributed by atoms with van der Waals surface area (Å²) < 4.78 is 10.1. The van der Waals surface area contributed by atoms with E-state index in [1.165, 1.54) is 0 Å². The molecule has 0 unspecified atom stereocenters. The Balaban J connectivity index is 3.36. The molecule has 0 aromatic heterocycles. The maximum absolute atomic E-state index is 11.2. The Kier molecular flexibility index (Phi) is 6.54. The van der Waals surface area contributed by atoms with Gasteiger partial charge in [0.25, 0.3) is 0 Å². The second-order valence-electron chi connectivity index (χ2n) is 4.39. The van der Waals surface area contributed by atoms with Crippen LogP contribution in [0, 0.1) is 0 Å². The van der Waals surface area contributed by atoms with Crippen molar-refractivity contribution in [2.45, 2.75) is 52.1 Å². The van der Waals surface area contributed by atoms with Crippen LogP contribution in [-0.2, 0) is 14.3 Å². The van der Waals surface area contributed by atoms with Crippen LogP contribution >= 0.6 is 0 Å². The van der Waals surface area contributed by atoms with Gasteiger partial charge in [-0.25, -0.2) is 0 Å². The first kappa shape index (κ1) is 13.4. The highest BCUT2D eigenvalue weighted by atomic mass is 16.6. The molecule has 0 aliphatic carbocycles. The third-order valence-electron chi connectivity index (χ3n) is 1.65. The van der Waals surface area contributed by atoms with Gasteiger partial charge in [0.1, 0.15) is 5.60 Å². The van der Waals surface area contributed by atoms with Crippen LogP contribution in [0.15, 0.2) is 0 Å². The number of rotatable bonds is 6. The molecule has 0 amide bonds. The maximum Gasteiger partial charge on any atom is 0.306 e. The second kappa shape index (κ2) is 6.82. The Morgan fingerprint density at radius 2 is 1.79 bits per heavy atom. The number of ether oxygens (including phenoxy) is 2. The number of hydrogen-bond donors (Lipinski definition) is 0. The average Bonchev–Trinajstić information content (AvgIpc) is 2.00. The molecule has 0 radical (unpaired) electrons. The standard InChI is InChI=1S/C11H22O3/c1-11(2,3)14-10(12)8-6-5-7-9-13-4/h5-9H2,1-4H3. The number of hydrogen-bond acceptors (Lipinski definition) is 3. The normalized spacial score (nSPS) is 11.4. The van der Waals surface area contributed by atoms with Crippen LogP contribution in [0.5, 0.6) is 0 Å². The number of unbranched alkanes of at least 4 members (excludes halogenated alkanes) is 2. The van der Waals surface area contributed by atoms with E-state index in [-0.39, 0.29) is 11.6 Å². The molecule has 0 aromatic carbocycles. The van der Waals surface area contributed by atoms with Gasteiger partial charge in [-0.1, -0.05) is 6.42 Å². The molecule has 84 valence electrons. The minimum atomic E-state index is -0.358. The molecule has 0 fully saturated rings. The summed E-state index contributed by atoms with van der Waals surface area (Å²) in [4.78, 5) is 11.2. The highest BCUT2D eigenvalue weighted by Gasteiger charge is 2.15. The van der Waals surface area contributed by atoms with E-state index in [0.717, 1.165) is 25.9 Å². The van der Waals surface area contributed by atoms with Crippen molar-refractivity contribution in [3.8, 4) is 0 Å². The molecular weight excluding hydrogens is 180 g/mol. The van der Waals surface area contributed by atoms with Crippen LogP contribution in [0.25, 0.3) is 0 Å². The summed E-state index contributed by atoms with van der Waals surface area (Å²) in [5.74, 6) is -0.102. The van der Waals surface area contributed by atoms with E-state index in [2.05, 4.69) is 0 Å². The van der Waals surface area contributed by atoms with Crippen LogP contribution in [0.3, 0.4) is 0 Å². The summed E-state index contributed by atoms with van der Waals surface area (Å²) in [6.45, 7) is 6.43. The first-order chi connectivity index (χ1) is 6.45. The van der Waals surface area contributed by atoms with Gasteiger partial charge in [-0.3, -0.25) is 4.79 Å². The predicted octanol–water partition coefficient (Wildman–Crippen LogP) is 2.53. The van der Waals surface area contributed by atoms with Crippen LogP contribution < -0.4 is 0 Å². The molecule has 3 nitrogen and oxygen atoms in total. The first-order valence-electron chi connectivity index (χ1n) is 5.16. The highest BCUT2D eigenvalue weighted by Crippen LogP contribution is 2.10. The Morgan fingerprint density at radius 1 is 1.14 bits per heavy atom. The van der Waals surface area contributed by atoms with Crippen molar-refractivity contribution in [1.82, 2.24) is 0 Å². The molecule has 0 aliphatic rings. The Bertz CT molecular complexity index is 158. The minimum absolute atomic E-state index is 0.102. The van der Waals surface area contributed by atoms with E-state index >= 15 is 0 Å². The van der Waals surface area contributed by atoms with Gasteiger partial charge in [0.15, 0.2) is 0 Å². The Morgan fingerprint density at radius 3 is 2.29 bits per heavy atom. The van der Waals surface area contributed by atoms with Gasteiger partial charge in [-0.05, 0) is 33.6 Å². The summed E-state index contributed by atoms with van der Waals surface area (Å²) in [7, 11) is 1.69. The summed E-state index contributed by atoms with van der Waals surface area (Å²) in [5, 5.41) is 0. The molecule has 0 heterocycles. The SMILES string of the molecule is COCCCCCC(=O)OC(C)(C)C. The lowest BCUT2D eigenvalue weighted by molar-refractivity contribution is -0.154. The summed E-state index contributed by atoms with van der Waals surface area (Å²) >= 11 is 0. The summed E-state index contributed by atoms with van der Waals surface area (Å²) in [6.07, 6.45) is 3.44. The van der Waals surface area contributed by atoms with E-state index < -0.39 is 0 Å². The molecule has 0 atom stereocenters. The van der Waals surface area contributed by atoms with E-state index in [0.29, 0.717) is 6.42 Å². The topological polar surface area (TPSA) is 35.5 Å². The van der Waals surface area contributed by atoms with Gasteiger partial charge >= 0.3 is 5.97 Å². The zero-order valence-corrected chi connectivity index (χ0v) is 9.76. The Hall–Kier alpha value is -0.570. The number of carbonyl (C=O) groups excluding carboxylic acids is 1. The largest absolute Gasteiger partial charge is 0.460 e. The van der Waals surface area contributed by atoms with Crippen molar-refractivity contribution in [3.05, 3.63) is 0 Å². The predicted molar refractivity (Wildman–Crippen MR) is 56.2 cm³/mol. The highest BCUT2D eigenvalue weighted by molar-refractivity contribution is 5.69. The zero-order valence-electron chi connectivity index (χ0n) is 9.76. The van der Waals surface area contributed by atoms with E-state index in [9.17, 15) is 4.79 Å². The van der Waals surface area contributed by atoms with Crippen molar-refractivity contribution in [3.63, 3.8) is 0 Å². The van der Waals surface area contributed by atoms with Crippen molar-refractivity contribution in [2.75, 3.05) is 13.7 Å². The van der Waals surface area contributed by atoms with Gasteiger partial charge in [0, 0.05) is 20.1 Å². The molecule has 14 heavy (non-hydrogen) atoms. The molecule has 0 spiro atoms. The quantitative estimate of drug-likeness (QED) is 0.490. The molecule has 0 aromatic rings. The van der Waals surface area contributed by atoms with E-state index in [1.54, 1.807) is 7.11 Å². The molecule has 0 N–H and O–H groups in total. The van der Waals surface area contributed by atoms with Gasteiger partial charge in [0.2, 0.25) is 0 Å². The lowest BCUT2D eigenvalue weighted by atomic mass is 10.1. The van der Waals surface area contributed by atoms with Crippen LogP contribution in [0.4, 0.5) is 0 Å². The molecular formula is C11H22O3. The fourth-order valence-electron chi connectivity index (χ4n) is 1.09. The number of esters is 1. The molecule has 0 bridgehead atoms. The van der Waals surface area contributed by atoms with Crippen LogP contribution in [-0.4, -0.2) is 25.3 Å². The third-order valence-corrected chi connectivity index (χ3v) is 1.65. The lowest BCUT2D eigenvalue weighted by Gasteiger charge is -2.19. The van der Waals surface area contributed by atoms with E-state index in [1.807, 2.05) is 20.8 Å². The summed E-state index contributed by atoms with van der Waals surface area (Å²) in [6, 6.07) is 0. The molecule has 0 aliphatic heterocycles. The van der Waals surface area contributed by atoms with Crippen molar-refractivity contribution in [1.29, 1.82) is 0 Å². The van der Waals surface area contributed by atoms with Crippen LogP contribution in [0.1, 0.15) is 46.5 Å². The van der Waals surface area contributed by atoms with Gasteiger partial charge < -0.3 is 9.47 Å². The first-order valence-corrected chi connectivity index (χ1v) is 5.16. The molecule has 0 rings (SSSR count). The van der Waals surface area contributed by atoms with Crippen molar-refractivity contribution >= 4 is 5.97 Å². The second-order valence-corrected chi connectivity index (χ2v) is 4.39. The van der Waals surface area contributed by atoms with Crippen molar-refractivity contribution < 1.29 is 14.3 Å². The minimum Gasteiger partial charge on any atom is -0.460 e. The Labute approximate surface area is 86.8 Å². The fraction of sp³-hybridized carbons (Fsp3) is 0.909. The maximum atomic E-state index is 11.2. The number of carbonyl (C=O) groups is 1. The van der Waals surface area contributed by atoms with Gasteiger partial charge in [-0.15, -0.1) is 0 Å². The molecule has 0 saturated heterocycles. The summed E-state index contributed by atoms with van der Waals surface area (Å²) in [5.41, 5.74) is -0.358. The average molecular weight is 202 g/mol. The molecule has 0 saturated carbocycles. The third kappa shape index (κ3) is 9.52. The number of methoxy groups -OCH3 is 1. The monoisotopic (exact) mass is 202 g/mol. The van der Waals surface area contributed by atoms with E-state index in [4.69, 9.17) is 9.47 Å². The van der Waals surface area contributed by atoms with Crippen LogP contribution in [0.2, 0.25) is 0 Å². The van der Waals surface area contributed by atoms with Gasteiger partial charge in [0.05, 0.1) is 0 Å². The van der Waals surface area contributed by atoms with Gasteiger partial charge in [-0.2, -0.15) is 0 Å². The van der Waals surface area contributed by atoms with Crippen molar-refractivity contribution in [2.24, 2.45) is 0 Å². The smallest absolute Gasteiger partial charge is 0.306 e.